The second-order valence-electron chi connectivity index (χ2n) is 6.84. The lowest BCUT2D eigenvalue weighted by atomic mass is 10.2. The Kier molecular flexibility index (Phi) is 4.99. The molecular formula is C20H22ClN3O3S. The van der Waals surface area contributed by atoms with Crippen LogP contribution in [0.5, 0.6) is 5.75 Å². The van der Waals surface area contributed by atoms with Gasteiger partial charge in [-0.3, -0.25) is 0 Å². The fourth-order valence-electron chi connectivity index (χ4n) is 3.66. The van der Waals surface area contributed by atoms with Gasteiger partial charge >= 0.3 is 0 Å². The quantitative estimate of drug-likeness (QED) is 0.678. The van der Waals surface area contributed by atoms with Crippen LogP contribution in [0.25, 0.3) is 10.9 Å². The van der Waals surface area contributed by atoms with Gasteiger partial charge in [0, 0.05) is 42.1 Å². The van der Waals surface area contributed by atoms with Crippen LogP contribution in [0.15, 0.2) is 46.3 Å². The van der Waals surface area contributed by atoms with Gasteiger partial charge < -0.3 is 19.9 Å². The Hall–Kier alpha value is -2.22. The van der Waals surface area contributed by atoms with Gasteiger partial charge in [0.2, 0.25) is 9.84 Å². The van der Waals surface area contributed by atoms with E-state index in [0.717, 1.165) is 37.3 Å². The number of halogens is 1. The van der Waals surface area contributed by atoms with Crippen molar-refractivity contribution < 1.29 is 13.2 Å². The van der Waals surface area contributed by atoms with Crippen LogP contribution in [-0.2, 0) is 9.84 Å². The summed E-state index contributed by atoms with van der Waals surface area (Å²) in [4.78, 5) is 5.43. The van der Waals surface area contributed by atoms with Crippen molar-refractivity contribution in [3.8, 4) is 5.75 Å². The van der Waals surface area contributed by atoms with Crippen LogP contribution in [0.3, 0.4) is 0 Å². The molecule has 28 heavy (non-hydrogen) atoms. The van der Waals surface area contributed by atoms with Crippen molar-refractivity contribution in [1.29, 1.82) is 0 Å². The molecule has 4 rings (SSSR count). The first-order chi connectivity index (χ1) is 13.4. The molecule has 0 unspecified atom stereocenters. The molecule has 1 aromatic heterocycles. The van der Waals surface area contributed by atoms with E-state index in [1.165, 1.54) is 0 Å². The van der Waals surface area contributed by atoms with Crippen LogP contribution in [0.4, 0.5) is 5.69 Å². The number of sulfone groups is 1. The number of aryl methyl sites for hydroxylation is 1. The van der Waals surface area contributed by atoms with Gasteiger partial charge in [-0.2, -0.15) is 0 Å². The van der Waals surface area contributed by atoms with Crippen molar-refractivity contribution in [3.63, 3.8) is 0 Å². The summed E-state index contributed by atoms with van der Waals surface area (Å²) in [6.07, 6.45) is 0. The molecule has 1 aliphatic rings. The number of nitrogens with zero attached hydrogens (tertiary/aromatic N) is 1. The number of rotatable bonds is 4. The highest BCUT2D eigenvalue weighted by Crippen LogP contribution is 2.35. The summed E-state index contributed by atoms with van der Waals surface area (Å²) in [5.74, 6) is 0.668. The van der Waals surface area contributed by atoms with Crippen LogP contribution >= 0.6 is 11.6 Å². The first kappa shape index (κ1) is 19.1. The van der Waals surface area contributed by atoms with Crippen molar-refractivity contribution in [2.24, 2.45) is 0 Å². The van der Waals surface area contributed by atoms with Gasteiger partial charge in [0.05, 0.1) is 17.7 Å². The van der Waals surface area contributed by atoms with E-state index in [0.29, 0.717) is 21.9 Å². The maximum atomic E-state index is 13.4. The molecule has 2 heterocycles. The minimum atomic E-state index is -3.73. The Morgan fingerprint density at radius 3 is 2.57 bits per heavy atom. The summed E-state index contributed by atoms with van der Waals surface area (Å²) >= 11 is 6.06. The number of anilines is 1. The van der Waals surface area contributed by atoms with Gasteiger partial charge in [0.25, 0.3) is 0 Å². The predicted molar refractivity (Wildman–Crippen MR) is 112 cm³/mol. The number of methoxy groups -OCH3 is 1. The van der Waals surface area contributed by atoms with Crippen LogP contribution in [-0.4, -0.2) is 46.7 Å². The van der Waals surface area contributed by atoms with E-state index in [-0.39, 0.29) is 9.92 Å². The van der Waals surface area contributed by atoms with E-state index in [1.54, 1.807) is 44.4 Å². The Labute approximate surface area is 169 Å². The van der Waals surface area contributed by atoms with Crippen LogP contribution in [0, 0.1) is 6.92 Å². The van der Waals surface area contributed by atoms with Crippen molar-refractivity contribution in [3.05, 3.63) is 47.0 Å². The highest BCUT2D eigenvalue weighted by Gasteiger charge is 2.26. The molecule has 0 spiro atoms. The fraction of sp³-hybridized carbons (Fsp3) is 0.300. The lowest BCUT2D eigenvalue weighted by molar-refractivity contribution is 0.412. The van der Waals surface area contributed by atoms with Gasteiger partial charge in [-0.05, 0) is 42.8 Å². The second-order valence-corrected chi connectivity index (χ2v) is 9.17. The van der Waals surface area contributed by atoms with E-state index < -0.39 is 9.84 Å². The van der Waals surface area contributed by atoms with E-state index in [2.05, 4.69) is 15.2 Å². The van der Waals surface area contributed by atoms with Crippen LogP contribution < -0.4 is 15.0 Å². The van der Waals surface area contributed by atoms with E-state index >= 15 is 0 Å². The number of aromatic nitrogens is 1. The summed E-state index contributed by atoms with van der Waals surface area (Å²) in [5, 5.41) is 4.90. The first-order valence-corrected chi connectivity index (χ1v) is 10.9. The molecule has 0 atom stereocenters. The Balaban J connectivity index is 1.82. The molecule has 0 amide bonds. The molecule has 2 N–H and O–H groups in total. The molecule has 1 fully saturated rings. The van der Waals surface area contributed by atoms with Crippen LogP contribution in [0.2, 0.25) is 5.02 Å². The number of hydrogen-bond acceptors (Lipinski definition) is 5. The normalized spacial score (nSPS) is 15.2. The highest BCUT2D eigenvalue weighted by atomic mass is 35.5. The molecular weight excluding hydrogens is 398 g/mol. The average molecular weight is 420 g/mol. The maximum Gasteiger partial charge on any atom is 0.222 e. The number of hydrogen-bond donors (Lipinski definition) is 2. The second kappa shape index (κ2) is 7.31. The molecule has 8 heteroatoms. The Bertz CT molecular complexity index is 1140. The van der Waals surface area contributed by atoms with Gasteiger partial charge in [0.15, 0.2) is 0 Å². The third kappa shape index (κ3) is 3.23. The number of fused-ring (bicyclic) bond motifs is 1. The SMILES string of the molecule is COc1ccc(S(=O)(=O)c2[nH]c3cc(Cl)ccc3c2C)cc1N1CCNCC1. The zero-order valence-electron chi connectivity index (χ0n) is 15.8. The van der Waals surface area contributed by atoms with E-state index in [4.69, 9.17) is 16.3 Å². The summed E-state index contributed by atoms with van der Waals surface area (Å²) in [5.41, 5.74) is 2.19. The average Bonchev–Trinajstić information content (AvgIpc) is 3.04. The number of aromatic amines is 1. The molecule has 0 bridgehead atoms. The monoisotopic (exact) mass is 419 g/mol. The lowest BCUT2D eigenvalue weighted by Crippen LogP contribution is -2.43. The zero-order chi connectivity index (χ0) is 19.9. The first-order valence-electron chi connectivity index (χ1n) is 9.08. The summed E-state index contributed by atoms with van der Waals surface area (Å²) < 4.78 is 32.3. The molecule has 1 saturated heterocycles. The van der Waals surface area contributed by atoms with Crippen LogP contribution in [0.1, 0.15) is 5.56 Å². The maximum absolute atomic E-state index is 13.4. The topological polar surface area (TPSA) is 74.4 Å². The third-order valence-electron chi connectivity index (χ3n) is 5.16. The Morgan fingerprint density at radius 2 is 1.86 bits per heavy atom. The number of H-pyrrole nitrogens is 1. The molecule has 0 radical (unpaired) electrons. The largest absolute Gasteiger partial charge is 0.495 e. The van der Waals surface area contributed by atoms with Gasteiger partial charge in [-0.25, -0.2) is 8.42 Å². The summed E-state index contributed by atoms with van der Waals surface area (Å²) in [6, 6.07) is 10.4. The fourth-order valence-corrected chi connectivity index (χ4v) is 5.34. The van der Waals surface area contributed by atoms with Crippen molar-refractivity contribution in [1.82, 2.24) is 10.3 Å². The van der Waals surface area contributed by atoms with E-state index in [9.17, 15) is 8.42 Å². The smallest absolute Gasteiger partial charge is 0.222 e. The predicted octanol–water partition coefficient (Wildman–Crippen LogP) is 3.38. The van der Waals surface area contributed by atoms with Gasteiger partial charge in [-0.15, -0.1) is 0 Å². The number of nitrogens with one attached hydrogen (secondary N) is 2. The minimum Gasteiger partial charge on any atom is -0.495 e. The van der Waals surface area contributed by atoms with Crippen molar-refractivity contribution in [2.45, 2.75) is 16.8 Å². The molecule has 6 nitrogen and oxygen atoms in total. The Morgan fingerprint density at radius 1 is 1.11 bits per heavy atom. The molecule has 1 aliphatic heterocycles. The standard InChI is InChI=1S/C20H22ClN3O3S/c1-13-16-5-3-14(21)11-17(16)23-20(13)28(25,26)15-4-6-19(27-2)18(12-15)24-9-7-22-8-10-24/h3-6,11-12,22-23H,7-10H2,1-2H3. The zero-order valence-corrected chi connectivity index (χ0v) is 17.3. The van der Waals surface area contributed by atoms with Crippen molar-refractivity contribution in [2.75, 3.05) is 38.2 Å². The lowest BCUT2D eigenvalue weighted by Gasteiger charge is -2.30. The summed E-state index contributed by atoms with van der Waals surface area (Å²) in [6.45, 7) is 5.10. The van der Waals surface area contributed by atoms with Crippen molar-refractivity contribution >= 4 is 38.0 Å². The number of ether oxygens (including phenoxy) is 1. The minimum absolute atomic E-state index is 0.196. The molecule has 2 aromatic carbocycles. The molecule has 0 aliphatic carbocycles. The molecule has 0 saturated carbocycles. The third-order valence-corrected chi connectivity index (χ3v) is 7.22. The number of benzene rings is 2. The summed E-state index contributed by atoms with van der Waals surface area (Å²) in [7, 11) is -2.13. The highest BCUT2D eigenvalue weighted by molar-refractivity contribution is 7.91. The molecule has 148 valence electrons. The van der Waals surface area contributed by atoms with Gasteiger partial charge in [-0.1, -0.05) is 17.7 Å². The van der Waals surface area contributed by atoms with E-state index in [1.807, 2.05) is 6.07 Å². The molecule has 3 aromatic rings. The van der Waals surface area contributed by atoms with Gasteiger partial charge in [0.1, 0.15) is 10.8 Å². The number of piperazine rings is 1.